The van der Waals surface area contributed by atoms with Gasteiger partial charge in [-0.25, -0.2) is 4.39 Å². The molecule has 1 atom stereocenters. The first-order valence-electron chi connectivity index (χ1n) is 5.91. The fourth-order valence-electron chi connectivity index (χ4n) is 2.02. The SMILES string of the molecule is CC(Cc1c[nH]c2cc(F)ccc12)NCC(F)(F)F. The van der Waals surface area contributed by atoms with E-state index in [0.29, 0.717) is 11.9 Å². The number of fused-ring (bicyclic) bond motifs is 1. The van der Waals surface area contributed by atoms with Crippen LogP contribution >= 0.6 is 0 Å². The lowest BCUT2D eigenvalue weighted by Crippen LogP contribution is -2.36. The summed E-state index contributed by atoms with van der Waals surface area (Å²) in [5.74, 6) is -0.343. The second-order valence-electron chi connectivity index (χ2n) is 4.61. The van der Waals surface area contributed by atoms with E-state index in [9.17, 15) is 17.6 Å². The number of nitrogens with one attached hydrogen (secondary N) is 2. The summed E-state index contributed by atoms with van der Waals surface area (Å²) in [7, 11) is 0. The molecule has 0 spiro atoms. The highest BCUT2D eigenvalue weighted by Crippen LogP contribution is 2.21. The lowest BCUT2D eigenvalue weighted by atomic mass is 10.1. The molecule has 1 unspecified atom stereocenters. The van der Waals surface area contributed by atoms with Gasteiger partial charge >= 0.3 is 6.18 Å². The number of hydrogen-bond acceptors (Lipinski definition) is 1. The van der Waals surface area contributed by atoms with Gasteiger partial charge in [0.1, 0.15) is 5.82 Å². The highest BCUT2D eigenvalue weighted by atomic mass is 19.4. The Morgan fingerprint density at radius 3 is 2.74 bits per heavy atom. The average Bonchev–Trinajstić information content (AvgIpc) is 2.68. The Morgan fingerprint density at radius 2 is 2.05 bits per heavy atom. The van der Waals surface area contributed by atoms with Crippen LogP contribution in [0.25, 0.3) is 10.9 Å². The Kier molecular flexibility index (Phi) is 3.80. The van der Waals surface area contributed by atoms with Crippen LogP contribution in [0, 0.1) is 5.82 Å². The van der Waals surface area contributed by atoms with Crippen LogP contribution in [0.4, 0.5) is 17.6 Å². The van der Waals surface area contributed by atoms with E-state index in [1.54, 1.807) is 19.2 Å². The number of aromatic amines is 1. The van der Waals surface area contributed by atoms with E-state index >= 15 is 0 Å². The van der Waals surface area contributed by atoms with Gasteiger partial charge in [-0.15, -0.1) is 0 Å². The second-order valence-corrected chi connectivity index (χ2v) is 4.61. The molecular weight excluding hydrogens is 260 g/mol. The molecule has 2 rings (SSSR count). The molecule has 2 aromatic rings. The Balaban J connectivity index is 2.05. The number of alkyl halides is 3. The van der Waals surface area contributed by atoms with Crippen molar-refractivity contribution in [1.29, 1.82) is 0 Å². The number of rotatable bonds is 4. The van der Waals surface area contributed by atoms with Gasteiger partial charge < -0.3 is 10.3 Å². The summed E-state index contributed by atoms with van der Waals surface area (Å²) >= 11 is 0. The number of benzene rings is 1. The van der Waals surface area contributed by atoms with Crippen LogP contribution in [0.5, 0.6) is 0 Å². The third-order valence-electron chi connectivity index (χ3n) is 2.91. The molecule has 6 heteroatoms. The molecule has 0 saturated heterocycles. The Hall–Kier alpha value is -1.56. The Bertz CT molecular complexity index is 559. The van der Waals surface area contributed by atoms with E-state index in [4.69, 9.17) is 0 Å². The lowest BCUT2D eigenvalue weighted by Gasteiger charge is -2.15. The van der Waals surface area contributed by atoms with Crippen LogP contribution in [-0.2, 0) is 6.42 Å². The van der Waals surface area contributed by atoms with E-state index in [-0.39, 0.29) is 11.9 Å². The second kappa shape index (κ2) is 5.21. The maximum absolute atomic E-state index is 13.0. The molecule has 19 heavy (non-hydrogen) atoms. The fraction of sp³-hybridized carbons (Fsp3) is 0.385. The van der Waals surface area contributed by atoms with Crippen LogP contribution in [0.3, 0.4) is 0 Å². The van der Waals surface area contributed by atoms with Crippen LogP contribution in [-0.4, -0.2) is 23.7 Å². The number of hydrogen-bond donors (Lipinski definition) is 2. The van der Waals surface area contributed by atoms with Crippen LogP contribution < -0.4 is 5.32 Å². The third kappa shape index (κ3) is 3.70. The molecule has 2 N–H and O–H groups in total. The molecule has 0 bridgehead atoms. The summed E-state index contributed by atoms with van der Waals surface area (Å²) in [5.41, 5.74) is 1.52. The van der Waals surface area contributed by atoms with E-state index in [1.165, 1.54) is 12.1 Å². The van der Waals surface area contributed by atoms with Crippen molar-refractivity contribution in [1.82, 2.24) is 10.3 Å². The van der Waals surface area contributed by atoms with Crippen molar-refractivity contribution in [3.8, 4) is 0 Å². The summed E-state index contributed by atoms with van der Waals surface area (Å²) in [6, 6.07) is 4.03. The molecule has 1 heterocycles. The molecule has 0 aliphatic rings. The normalized spacial score (nSPS) is 13.9. The highest BCUT2D eigenvalue weighted by Gasteiger charge is 2.27. The summed E-state index contributed by atoms with van der Waals surface area (Å²) in [5, 5.41) is 3.26. The molecule has 0 saturated carbocycles. The molecule has 0 fully saturated rings. The fourth-order valence-corrected chi connectivity index (χ4v) is 2.02. The molecule has 0 radical (unpaired) electrons. The molecule has 0 aliphatic carbocycles. The lowest BCUT2D eigenvalue weighted by molar-refractivity contribution is -0.126. The smallest absolute Gasteiger partial charge is 0.361 e. The zero-order chi connectivity index (χ0) is 14.0. The summed E-state index contributed by atoms with van der Waals surface area (Å²) < 4.78 is 49.2. The standard InChI is InChI=1S/C13H14F4N2/c1-8(19-7-13(15,16)17)4-9-6-18-12-5-10(14)2-3-11(9)12/h2-3,5-6,8,18-19H,4,7H2,1H3. The summed E-state index contributed by atoms with van der Waals surface area (Å²) in [6.45, 7) is 0.680. The van der Waals surface area contributed by atoms with Gasteiger partial charge in [-0.3, -0.25) is 0 Å². The largest absolute Gasteiger partial charge is 0.401 e. The van der Waals surface area contributed by atoms with Gasteiger partial charge in [0, 0.05) is 23.1 Å². The quantitative estimate of drug-likeness (QED) is 0.822. The molecule has 1 aromatic heterocycles. The minimum absolute atomic E-state index is 0.314. The molecule has 1 aromatic carbocycles. The number of H-pyrrole nitrogens is 1. The number of halogens is 4. The van der Waals surface area contributed by atoms with Crippen molar-refractivity contribution in [2.45, 2.75) is 25.6 Å². The molecule has 0 amide bonds. The summed E-state index contributed by atoms with van der Waals surface area (Å²) in [4.78, 5) is 2.92. The maximum atomic E-state index is 13.0. The molecule has 2 nitrogen and oxygen atoms in total. The van der Waals surface area contributed by atoms with Crippen LogP contribution in [0.2, 0.25) is 0 Å². The van der Waals surface area contributed by atoms with Gasteiger partial charge in [-0.1, -0.05) is 0 Å². The van der Waals surface area contributed by atoms with Gasteiger partial charge in [0.2, 0.25) is 0 Å². The van der Waals surface area contributed by atoms with Crippen molar-refractivity contribution < 1.29 is 17.6 Å². The monoisotopic (exact) mass is 274 g/mol. The zero-order valence-electron chi connectivity index (χ0n) is 10.3. The third-order valence-corrected chi connectivity index (χ3v) is 2.91. The first kappa shape index (κ1) is 13.9. The van der Waals surface area contributed by atoms with E-state index in [2.05, 4.69) is 10.3 Å². The molecular formula is C13H14F4N2. The van der Waals surface area contributed by atoms with Gasteiger partial charge in [0.15, 0.2) is 0 Å². The predicted octanol–water partition coefficient (Wildman–Crippen LogP) is 3.39. The summed E-state index contributed by atoms with van der Waals surface area (Å²) in [6.07, 6.45) is -2.06. The first-order valence-corrected chi connectivity index (χ1v) is 5.91. The van der Waals surface area contributed by atoms with Crippen LogP contribution in [0.15, 0.2) is 24.4 Å². The molecule has 104 valence electrons. The van der Waals surface area contributed by atoms with E-state index in [0.717, 1.165) is 10.9 Å². The van der Waals surface area contributed by atoms with Gasteiger partial charge in [-0.05, 0) is 37.1 Å². The van der Waals surface area contributed by atoms with Gasteiger partial charge in [0.05, 0.1) is 6.54 Å². The Labute approximate surface area is 107 Å². The van der Waals surface area contributed by atoms with Crippen molar-refractivity contribution in [3.63, 3.8) is 0 Å². The highest BCUT2D eigenvalue weighted by molar-refractivity contribution is 5.83. The van der Waals surface area contributed by atoms with E-state index in [1.807, 2.05) is 0 Å². The van der Waals surface area contributed by atoms with Crippen molar-refractivity contribution in [2.75, 3.05) is 6.54 Å². The van der Waals surface area contributed by atoms with Crippen molar-refractivity contribution >= 4 is 10.9 Å². The van der Waals surface area contributed by atoms with Gasteiger partial charge in [0.25, 0.3) is 0 Å². The first-order chi connectivity index (χ1) is 8.85. The number of aromatic nitrogens is 1. The van der Waals surface area contributed by atoms with Crippen molar-refractivity contribution in [2.24, 2.45) is 0 Å². The molecule has 0 aliphatic heterocycles. The topological polar surface area (TPSA) is 27.8 Å². The van der Waals surface area contributed by atoms with Crippen LogP contribution in [0.1, 0.15) is 12.5 Å². The van der Waals surface area contributed by atoms with E-state index < -0.39 is 12.7 Å². The van der Waals surface area contributed by atoms with Gasteiger partial charge in [-0.2, -0.15) is 13.2 Å². The predicted molar refractivity (Wildman–Crippen MR) is 65.5 cm³/mol. The maximum Gasteiger partial charge on any atom is 0.401 e. The Morgan fingerprint density at radius 1 is 1.32 bits per heavy atom. The average molecular weight is 274 g/mol. The zero-order valence-corrected chi connectivity index (χ0v) is 10.3. The minimum Gasteiger partial charge on any atom is -0.361 e. The minimum atomic E-state index is -4.21. The van der Waals surface area contributed by atoms with Crippen molar-refractivity contribution in [3.05, 3.63) is 35.8 Å².